The van der Waals surface area contributed by atoms with Crippen molar-refractivity contribution < 1.29 is 27.4 Å². The first-order valence-corrected chi connectivity index (χ1v) is 16.2. The molecule has 0 radical (unpaired) electrons. The second-order valence-electron chi connectivity index (χ2n) is 11.5. The van der Waals surface area contributed by atoms with Gasteiger partial charge in [0.25, 0.3) is 0 Å². The number of phenolic OH excluding ortho intramolecular Hbond substituents is 1. The van der Waals surface area contributed by atoms with Crippen molar-refractivity contribution >= 4 is 58.1 Å². The third kappa shape index (κ3) is 5.61. The van der Waals surface area contributed by atoms with E-state index in [9.17, 15) is 5.11 Å². The van der Waals surface area contributed by atoms with Gasteiger partial charge in [-0.1, -0.05) is 23.9 Å². The normalized spacial score (nSPS) is 12.1. The van der Waals surface area contributed by atoms with E-state index < -0.39 is 33.7 Å². The number of hydrogen-bond acceptors (Lipinski definition) is 5. The molecule has 11 heteroatoms. The number of halogens is 4. The van der Waals surface area contributed by atoms with Crippen molar-refractivity contribution in [2.75, 3.05) is 7.11 Å². The zero-order chi connectivity index (χ0) is 34.5. The summed E-state index contributed by atoms with van der Waals surface area (Å²) in [4.78, 5) is 15.5. The lowest BCUT2D eigenvalue weighted by Crippen LogP contribution is -2.04. The molecule has 3 aromatic heterocycles. The maximum Gasteiger partial charge on any atom is 0.176 e. The van der Waals surface area contributed by atoms with E-state index in [4.69, 9.17) is 9.72 Å². The van der Waals surface area contributed by atoms with Gasteiger partial charge in [-0.2, -0.15) is 0 Å². The first kappa shape index (κ1) is 31.2. The van der Waals surface area contributed by atoms with Crippen LogP contribution >= 0.6 is 11.8 Å². The van der Waals surface area contributed by atoms with Crippen LogP contribution in [0.5, 0.6) is 11.5 Å². The zero-order valence-electron chi connectivity index (χ0n) is 26.1. The Kier molecular flexibility index (Phi) is 7.76. The van der Waals surface area contributed by atoms with Crippen LogP contribution in [0.1, 0.15) is 22.8 Å². The van der Waals surface area contributed by atoms with Gasteiger partial charge in [0.05, 0.1) is 40.3 Å². The van der Waals surface area contributed by atoms with Crippen LogP contribution in [0.15, 0.2) is 94.7 Å². The van der Waals surface area contributed by atoms with E-state index in [1.54, 1.807) is 43.5 Å². The molecular formula is C39H24F4N4O2S. The summed E-state index contributed by atoms with van der Waals surface area (Å²) in [7, 11) is 1.61. The van der Waals surface area contributed by atoms with Crippen molar-refractivity contribution in [2.45, 2.75) is 9.79 Å². The highest BCUT2D eigenvalue weighted by Crippen LogP contribution is 2.42. The van der Waals surface area contributed by atoms with Crippen LogP contribution in [-0.4, -0.2) is 32.2 Å². The number of phenols is 1. The Labute approximate surface area is 286 Å². The SMILES string of the molecule is COc1ccc(-c2c3nc(cc4ccc([nH]4)c(-c4c(F)c(F)c(Sc5ccc(O)cc5)c(F)c4F)c4nc(cc5ccc2[nH]5)C=C4)C=C3)cc1. The lowest BCUT2D eigenvalue weighted by atomic mass is 10.0. The molecule has 0 saturated heterocycles. The van der Waals surface area contributed by atoms with Crippen LogP contribution < -0.4 is 4.74 Å². The third-order valence-electron chi connectivity index (χ3n) is 8.31. The minimum absolute atomic E-state index is 0.0660. The number of H-pyrrole nitrogens is 2. The maximum atomic E-state index is 16.0. The molecule has 246 valence electrons. The molecule has 3 N–H and O–H groups in total. The van der Waals surface area contributed by atoms with Crippen molar-refractivity contribution in [3.63, 3.8) is 0 Å². The summed E-state index contributed by atoms with van der Waals surface area (Å²) in [5.74, 6) is -5.58. The molecule has 6 aromatic rings. The van der Waals surface area contributed by atoms with Crippen LogP contribution in [0.25, 0.3) is 68.6 Å². The second-order valence-corrected chi connectivity index (χ2v) is 12.6. The quantitative estimate of drug-likeness (QED) is 0.124. The smallest absolute Gasteiger partial charge is 0.176 e. The molecule has 2 aliphatic rings. The van der Waals surface area contributed by atoms with Gasteiger partial charge in [0, 0.05) is 38.1 Å². The Balaban J connectivity index is 1.37. The highest BCUT2D eigenvalue weighted by Gasteiger charge is 2.29. The van der Waals surface area contributed by atoms with Gasteiger partial charge in [0.1, 0.15) is 11.5 Å². The van der Waals surface area contributed by atoms with E-state index in [0.29, 0.717) is 39.9 Å². The Morgan fingerprint density at radius 3 is 1.70 bits per heavy atom. The number of aromatic amines is 2. The number of nitrogens with zero attached hydrogens (tertiary/aromatic N) is 2. The van der Waals surface area contributed by atoms with Gasteiger partial charge in [0.15, 0.2) is 23.3 Å². The van der Waals surface area contributed by atoms with E-state index in [0.717, 1.165) is 22.4 Å². The summed E-state index contributed by atoms with van der Waals surface area (Å²) in [6.07, 6.45) is 6.94. The predicted molar refractivity (Wildman–Crippen MR) is 188 cm³/mol. The maximum absolute atomic E-state index is 16.0. The van der Waals surface area contributed by atoms with Crippen LogP contribution in [0, 0.1) is 23.3 Å². The number of ether oxygens (including phenoxy) is 1. The zero-order valence-corrected chi connectivity index (χ0v) is 26.9. The largest absolute Gasteiger partial charge is 0.508 e. The van der Waals surface area contributed by atoms with E-state index in [1.165, 1.54) is 24.3 Å². The average Bonchev–Trinajstić information content (AvgIpc) is 3.96. The van der Waals surface area contributed by atoms with Gasteiger partial charge >= 0.3 is 0 Å². The summed E-state index contributed by atoms with van der Waals surface area (Å²) >= 11 is 0.507. The lowest BCUT2D eigenvalue weighted by Gasteiger charge is -2.13. The van der Waals surface area contributed by atoms with E-state index >= 15 is 17.6 Å². The average molecular weight is 689 g/mol. The standard InChI is InChI=1S/C39H24F4N4O2S/c1-49-26-10-2-20(3-11-26)32-28-14-4-21(44-28)18-23-6-16-30(46-23)33(31-17-7-24(47-31)19-22-5-15-29(32)45-22)34-35(40)37(42)39(38(43)36(34)41)50-27-12-8-25(48)9-13-27/h2-19,44,47-48H,1H3. The van der Waals surface area contributed by atoms with E-state index in [-0.39, 0.29) is 27.4 Å². The molecule has 3 aromatic carbocycles. The van der Waals surface area contributed by atoms with E-state index in [1.807, 2.05) is 48.6 Å². The van der Waals surface area contributed by atoms with Gasteiger partial charge in [-0.25, -0.2) is 27.5 Å². The molecule has 8 rings (SSSR count). The molecule has 8 bridgehead atoms. The first-order chi connectivity index (χ1) is 24.2. The number of methoxy groups -OCH3 is 1. The minimum Gasteiger partial charge on any atom is -0.508 e. The molecule has 0 atom stereocenters. The minimum atomic E-state index is -1.57. The molecule has 0 aliphatic carbocycles. The molecule has 0 unspecified atom stereocenters. The number of rotatable bonds is 5. The van der Waals surface area contributed by atoms with Crippen molar-refractivity contribution in [3.8, 4) is 33.8 Å². The topological polar surface area (TPSA) is 86.8 Å². The van der Waals surface area contributed by atoms with Crippen molar-refractivity contribution in [2.24, 2.45) is 0 Å². The first-order valence-electron chi connectivity index (χ1n) is 15.3. The molecule has 5 heterocycles. The third-order valence-corrected chi connectivity index (χ3v) is 9.38. The number of aromatic nitrogens is 4. The number of fused-ring (bicyclic) bond motifs is 8. The van der Waals surface area contributed by atoms with E-state index in [2.05, 4.69) is 15.0 Å². The molecule has 0 spiro atoms. The van der Waals surface area contributed by atoms with Crippen LogP contribution in [0.3, 0.4) is 0 Å². The van der Waals surface area contributed by atoms with Crippen LogP contribution in [0.2, 0.25) is 0 Å². The summed E-state index contributed by atoms with van der Waals surface area (Å²) in [5.41, 5.74) is 4.75. The van der Waals surface area contributed by atoms with Crippen molar-refractivity contribution in [3.05, 3.63) is 131 Å². The Bertz CT molecular complexity index is 2530. The Morgan fingerprint density at radius 1 is 0.600 bits per heavy atom. The highest BCUT2D eigenvalue weighted by atomic mass is 32.2. The summed E-state index contributed by atoms with van der Waals surface area (Å²) in [6.45, 7) is 0. The van der Waals surface area contributed by atoms with Crippen LogP contribution in [-0.2, 0) is 0 Å². The van der Waals surface area contributed by atoms with Gasteiger partial charge in [-0.15, -0.1) is 0 Å². The number of hydrogen-bond donors (Lipinski definition) is 3. The molecule has 6 nitrogen and oxygen atoms in total. The summed E-state index contributed by atoms with van der Waals surface area (Å²) < 4.78 is 68.8. The fourth-order valence-electron chi connectivity index (χ4n) is 5.95. The summed E-state index contributed by atoms with van der Waals surface area (Å²) in [6, 6.07) is 23.6. The molecule has 2 aliphatic heterocycles. The molecule has 0 saturated carbocycles. The predicted octanol–water partition coefficient (Wildman–Crippen LogP) is 10.4. The number of benzene rings is 3. The van der Waals surface area contributed by atoms with Crippen molar-refractivity contribution in [1.82, 2.24) is 19.9 Å². The molecular weight excluding hydrogens is 665 g/mol. The van der Waals surface area contributed by atoms with Gasteiger partial charge < -0.3 is 19.8 Å². The molecule has 0 amide bonds. The van der Waals surface area contributed by atoms with Crippen molar-refractivity contribution in [1.29, 1.82) is 0 Å². The molecule has 50 heavy (non-hydrogen) atoms. The fourth-order valence-corrected chi connectivity index (χ4v) is 6.82. The second kappa shape index (κ2) is 12.4. The highest BCUT2D eigenvalue weighted by molar-refractivity contribution is 7.99. The number of aromatic hydroxyl groups is 1. The Morgan fingerprint density at radius 2 is 1.14 bits per heavy atom. The Hall–Kier alpha value is -6.07. The van der Waals surface area contributed by atoms with Crippen LogP contribution in [0.4, 0.5) is 17.6 Å². The van der Waals surface area contributed by atoms with Gasteiger partial charge in [0.2, 0.25) is 0 Å². The lowest BCUT2D eigenvalue weighted by molar-refractivity contribution is 0.415. The number of nitrogens with one attached hydrogen (secondary N) is 2. The monoisotopic (exact) mass is 688 g/mol. The van der Waals surface area contributed by atoms with Gasteiger partial charge in [-0.05, 0) is 103 Å². The summed E-state index contributed by atoms with van der Waals surface area (Å²) in [5, 5.41) is 9.56. The molecule has 0 fully saturated rings. The van der Waals surface area contributed by atoms with Gasteiger partial charge in [-0.3, -0.25) is 0 Å². The fraction of sp³-hybridized carbons (Fsp3) is 0.0256.